The van der Waals surface area contributed by atoms with Crippen molar-refractivity contribution >= 4 is 5.82 Å². The van der Waals surface area contributed by atoms with E-state index in [4.69, 9.17) is 5.73 Å². The molecule has 1 aromatic heterocycles. The molecule has 1 heterocycles. The Morgan fingerprint density at radius 3 is 2.61 bits per heavy atom. The fourth-order valence-electron chi connectivity index (χ4n) is 2.51. The first-order chi connectivity index (χ1) is 8.74. The summed E-state index contributed by atoms with van der Waals surface area (Å²) in [4.78, 5) is 0. The van der Waals surface area contributed by atoms with Crippen LogP contribution in [0.1, 0.15) is 29.7 Å². The summed E-state index contributed by atoms with van der Waals surface area (Å²) in [5, 5.41) is 4.57. The quantitative estimate of drug-likeness (QED) is 0.883. The van der Waals surface area contributed by atoms with Crippen LogP contribution in [0, 0.1) is 5.82 Å². The van der Waals surface area contributed by atoms with Crippen LogP contribution in [-0.4, -0.2) is 9.78 Å². The molecular weight excluding hydrogens is 229 g/mol. The standard InChI is InChI=1S/C14H16FN3/c15-11-7-5-10(6-8-11)9-18-14(16)12-3-1-2-4-13(12)17-18/h5-8H,1-4,9,16H2. The number of aromatic nitrogens is 2. The second kappa shape index (κ2) is 4.44. The summed E-state index contributed by atoms with van der Waals surface area (Å²) in [6.45, 7) is 0.610. The van der Waals surface area contributed by atoms with Crippen molar-refractivity contribution in [3.63, 3.8) is 0 Å². The average Bonchev–Trinajstić information content (AvgIpc) is 2.70. The summed E-state index contributed by atoms with van der Waals surface area (Å²) in [6, 6.07) is 6.48. The zero-order valence-electron chi connectivity index (χ0n) is 10.2. The lowest BCUT2D eigenvalue weighted by Crippen LogP contribution is -2.06. The Morgan fingerprint density at radius 2 is 1.89 bits per heavy atom. The summed E-state index contributed by atoms with van der Waals surface area (Å²) < 4.78 is 14.7. The third kappa shape index (κ3) is 1.98. The maximum Gasteiger partial charge on any atom is 0.125 e. The number of hydrogen-bond donors (Lipinski definition) is 1. The van der Waals surface area contributed by atoms with Gasteiger partial charge in [-0.25, -0.2) is 9.07 Å². The molecule has 0 aliphatic heterocycles. The first-order valence-electron chi connectivity index (χ1n) is 6.32. The zero-order valence-corrected chi connectivity index (χ0v) is 10.2. The first-order valence-corrected chi connectivity index (χ1v) is 6.32. The van der Waals surface area contributed by atoms with Crippen LogP contribution >= 0.6 is 0 Å². The SMILES string of the molecule is Nc1c2c(nn1Cc1ccc(F)cc1)CCCC2. The van der Waals surface area contributed by atoms with Crippen LogP contribution in [0.2, 0.25) is 0 Å². The second-order valence-corrected chi connectivity index (χ2v) is 4.80. The highest BCUT2D eigenvalue weighted by molar-refractivity contribution is 5.45. The summed E-state index contributed by atoms with van der Waals surface area (Å²) in [7, 11) is 0. The highest BCUT2D eigenvalue weighted by Crippen LogP contribution is 2.26. The molecule has 0 saturated carbocycles. The molecule has 0 bridgehead atoms. The number of aryl methyl sites for hydroxylation is 1. The Hall–Kier alpha value is -1.84. The van der Waals surface area contributed by atoms with Crippen molar-refractivity contribution in [1.29, 1.82) is 0 Å². The van der Waals surface area contributed by atoms with Gasteiger partial charge in [-0.1, -0.05) is 12.1 Å². The molecule has 0 unspecified atom stereocenters. The molecular formula is C14H16FN3. The van der Waals surface area contributed by atoms with Crippen molar-refractivity contribution in [3.8, 4) is 0 Å². The van der Waals surface area contributed by atoms with E-state index < -0.39 is 0 Å². The minimum absolute atomic E-state index is 0.216. The van der Waals surface area contributed by atoms with Gasteiger partial charge < -0.3 is 5.73 Å². The van der Waals surface area contributed by atoms with Gasteiger partial charge in [-0.3, -0.25) is 0 Å². The van der Waals surface area contributed by atoms with Gasteiger partial charge in [0.05, 0.1) is 12.2 Å². The molecule has 1 aliphatic rings. The molecule has 0 fully saturated rings. The average molecular weight is 245 g/mol. The van der Waals surface area contributed by atoms with Gasteiger partial charge in [0.25, 0.3) is 0 Å². The molecule has 1 aromatic carbocycles. The molecule has 0 saturated heterocycles. The van der Waals surface area contributed by atoms with Crippen LogP contribution < -0.4 is 5.73 Å². The van der Waals surface area contributed by atoms with Gasteiger partial charge in [0.1, 0.15) is 11.6 Å². The molecule has 1 aliphatic carbocycles. The van der Waals surface area contributed by atoms with Crippen LogP contribution in [0.25, 0.3) is 0 Å². The number of nitrogens with two attached hydrogens (primary N) is 1. The summed E-state index contributed by atoms with van der Waals surface area (Å²) >= 11 is 0. The van der Waals surface area contributed by atoms with Crippen LogP contribution in [-0.2, 0) is 19.4 Å². The monoisotopic (exact) mass is 245 g/mol. The lowest BCUT2D eigenvalue weighted by molar-refractivity contribution is 0.623. The largest absolute Gasteiger partial charge is 0.384 e. The molecule has 3 rings (SSSR count). The van der Waals surface area contributed by atoms with Gasteiger partial charge >= 0.3 is 0 Å². The van der Waals surface area contributed by atoms with Crippen molar-refractivity contribution in [1.82, 2.24) is 9.78 Å². The van der Waals surface area contributed by atoms with Gasteiger partial charge in [0.2, 0.25) is 0 Å². The van der Waals surface area contributed by atoms with Crippen molar-refractivity contribution in [2.24, 2.45) is 0 Å². The van der Waals surface area contributed by atoms with Gasteiger partial charge in [-0.15, -0.1) is 0 Å². The van der Waals surface area contributed by atoms with Gasteiger partial charge in [-0.05, 0) is 43.4 Å². The molecule has 0 radical (unpaired) electrons. The molecule has 0 spiro atoms. The van der Waals surface area contributed by atoms with Gasteiger partial charge in [-0.2, -0.15) is 5.10 Å². The van der Waals surface area contributed by atoms with Crippen LogP contribution in [0.5, 0.6) is 0 Å². The Bertz CT molecular complexity index is 557. The van der Waals surface area contributed by atoms with E-state index in [9.17, 15) is 4.39 Å². The smallest absolute Gasteiger partial charge is 0.125 e. The predicted molar refractivity (Wildman–Crippen MR) is 68.8 cm³/mol. The number of hydrogen-bond acceptors (Lipinski definition) is 2. The Labute approximate surface area is 105 Å². The number of fused-ring (bicyclic) bond motifs is 1. The highest BCUT2D eigenvalue weighted by Gasteiger charge is 2.18. The summed E-state index contributed by atoms with van der Waals surface area (Å²) in [5.41, 5.74) is 9.50. The normalized spacial score (nSPS) is 14.5. The lowest BCUT2D eigenvalue weighted by atomic mass is 9.98. The predicted octanol–water partition coefficient (Wildman–Crippen LogP) is 2.53. The summed E-state index contributed by atoms with van der Waals surface area (Å²) in [6.07, 6.45) is 4.44. The summed E-state index contributed by atoms with van der Waals surface area (Å²) in [5.74, 6) is 0.556. The van der Waals surface area contributed by atoms with E-state index in [-0.39, 0.29) is 5.82 Å². The Balaban J connectivity index is 1.88. The lowest BCUT2D eigenvalue weighted by Gasteiger charge is -2.08. The number of halogens is 1. The van der Waals surface area contributed by atoms with E-state index in [1.54, 1.807) is 12.1 Å². The van der Waals surface area contributed by atoms with Crippen molar-refractivity contribution in [2.75, 3.05) is 5.73 Å². The fourth-order valence-corrected chi connectivity index (χ4v) is 2.51. The minimum Gasteiger partial charge on any atom is -0.384 e. The van der Waals surface area contributed by atoms with Gasteiger partial charge in [0, 0.05) is 5.56 Å². The zero-order chi connectivity index (χ0) is 12.5. The Morgan fingerprint density at radius 1 is 1.17 bits per heavy atom. The highest BCUT2D eigenvalue weighted by atomic mass is 19.1. The Kier molecular flexibility index (Phi) is 2.78. The third-order valence-electron chi connectivity index (χ3n) is 3.51. The molecule has 3 nitrogen and oxygen atoms in total. The van der Waals surface area contributed by atoms with E-state index in [1.807, 2.05) is 4.68 Å². The van der Waals surface area contributed by atoms with Crippen LogP contribution in [0.15, 0.2) is 24.3 Å². The number of nitrogens with zero attached hydrogens (tertiary/aromatic N) is 2. The molecule has 18 heavy (non-hydrogen) atoms. The number of nitrogen functional groups attached to an aromatic ring is 1. The van der Waals surface area contributed by atoms with E-state index in [2.05, 4.69) is 5.10 Å². The van der Waals surface area contributed by atoms with Crippen LogP contribution in [0.3, 0.4) is 0 Å². The van der Waals surface area contributed by atoms with Crippen molar-refractivity contribution in [3.05, 3.63) is 46.9 Å². The maximum atomic E-state index is 12.8. The molecule has 4 heteroatoms. The fraction of sp³-hybridized carbons (Fsp3) is 0.357. The molecule has 94 valence electrons. The van der Waals surface area contributed by atoms with E-state index >= 15 is 0 Å². The van der Waals surface area contributed by atoms with E-state index in [0.29, 0.717) is 6.54 Å². The molecule has 2 N–H and O–H groups in total. The molecule has 0 amide bonds. The van der Waals surface area contributed by atoms with E-state index in [1.165, 1.54) is 30.5 Å². The topological polar surface area (TPSA) is 43.8 Å². The number of rotatable bonds is 2. The van der Waals surface area contributed by atoms with E-state index in [0.717, 1.165) is 29.9 Å². The van der Waals surface area contributed by atoms with Crippen molar-refractivity contribution in [2.45, 2.75) is 32.2 Å². The second-order valence-electron chi connectivity index (χ2n) is 4.80. The van der Waals surface area contributed by atoms with Crippen molar-refractivity contribution < 1.29 is 4.39 Å². The first kappa shape index (κ1) is 11.3. The van der Waals surface area contributed by atoms with Gasteiger partial charge in [0.15, 0.2) is 0 Å². The minimum atomic E-state index is -0.216. The molecule has 2 aromatic rings. The number of anilines is 1. The number of benzene rings is 1. The molecule has 0 atom stereocenters. The third-order valence-corrected chi connectivity index (χ3v) is 3.51. The maximum absolute atomic E-state index is 12.8. The van der Waals surface area contributed by atoms with Crippen LogP contribution in [0.4, 0.5) is 10.2 Å².